The van der Waals surface area contributed by atoms with Crippen LogP contribution in [0.2, 0.25) is 0 Å². The molecule has 0 aromatic rings. The lowest BCUT2D eigenvalue weighted by Gasteiger charge is -2.38. The molecule has 6 heteroatoms. The SMILES string of the molecule is CCCCC(CC)C(=O)OCC(C)(C)CC(C)(C)OOC(C)(C)CC(C)(C)COC(=O)C(CC)CCCC. The van der Waals surface area contributed by atoms with Gasteiger partial charge < -0.3 is 9.47 Å². The third kappa shape index (κ3) is 16.1. The molecule has 0 fully saturated rings. The highest BCUT2D eigenvalue weighted by Gasteiger charge is 2.37. The number of esters is 2. The Bertz CT molecular complexity index is 621. The standard InChI is InChI=1S/C32H62O6/c1-13-17-19-25(15-3)27(33)35-23-29(5,6)21-31(9,10)37-38-32(11,12)22-30(7,8)24-36-28(34)26(16-4)20-18-14-2/h25-26H,13-24H2,1-12H3. The maximum Gasteiger partial charge on any atom is 0.308 e. The van der Waals surface area contributed by atoms with E-state index in [-0.39, 0.29) is 34.6 Å². The largest absolute Gasteiger partial charge is 0.465 e. The molecule has 0 aliphatic carbocycles. The van der Waals surface area contributed by atoms with Crippen molar-refractivity contribution in [1.29, 1.82) is 0 Å². The average Bonchev–Trinajstić information content (AvgIpc) is 2.80. The molecule has 0 amide bonds. The molecule has 226 valence electrons. The second-order valence-electron chi connectivity index (χ2n) is 14.1. The summed E-state index contributed by atoms with van der Waals surface area (Å²) in [7, 11) is 0. The highest BCUT2D eigenvalue weighted by Crippen LogP contribution is 2.35. The zero-order chi connectivity index (χ0) is 29.6. The Labute approximate surface area is 235 Å². The second kappa shape index (κ2) is 16.8. The normalized spacial score (nSPS) is 14.7. The van der Waals surface area contributed by atoms with Gasteiger partial charge in [0.2, 0.25) is 0 Å². The fraction of sp³-hybridized carbons (Fsp3) is 0.938. The molecule has 0 aliphatic rings. The molecule has 2 unspecified atom stereocenters. The predicted molar refractivity (Wildman–Crippen MR) is 156 cm³/mol. The number of ether oxygens (including phenoxy) is 2. The van der Waals surface area contributed by atoms with Crippen LogP contribution in [0.4, 0.5) is 0 Å². The van der Waals surface area contributed by atoms with Crippen LogP contribution in [-0.2, 0) is 28.8 Å². The summed E-state index contributed by atoms with van der Waals surface area (Å²) in [6, 6.07) is 0. The summed E-state index contributed by atoms with van der Waals surface area (Å²) in [5.74, 6) is -0.232. The lowest BCUT2D eigenvalue weighted by molar-refractivity contribution is -0.408. The van der Waals surface area contributed by atoms with Crippen molar-refractivity contribution in [2.75, 3.05) is 13.2 Å². The number of unbranched alkanes of at least 4 members (excludes halogenated alkanes) is 2. The van der Waals surface area contributed by atoms with Crippen molar-refractivity contribution < 1.29 is 28.8 Å². The van der Waals surface area contributed by atoms with Crippen molar-refractivity contribution in [1.82, 2.24) is 0 Å². The summed E-state index contributed by atoms with van der Waals surface area (Å²) in [5.41, 5.74) is -1.69. The van der Waals surface area contributed by atoms with Crippen molar-refractivity contribution in [3.63, 3.8) is 0 Å². The van der Waals surface area contributed by atoms with E-state index in [4.69, 9.17) is 19.2 Å². The van der Waals surface area contributed by atoms with Crippen LogP contribution < -0.4 is 0 Å². The first-order chi connectivity index (χ1) is 17.4. The number of carbonyl (C=O) groups is 2. The van der Waals surface area contributed by atoms with E-state index in [9.17, 15) is 9.59 Å². The van der Waals surface area contributed by atoms with E-state index in [1.807, 2.05) is 41.5 Å². The summed E-state index contributed by atoms with van der Waals surface area (Å²) in [5, 5.41) is 0. The number of hydrogen-bond acceptors (Lipinski definition) is 6. The Morgan fingerprint density at radius 3 is 1.16 bits per heavy atom. The second-order valence-corrected chi connectivity index (χ2v) is 14.1. The molecule has 0 bridgehead atoms. The molecule has 2 atom stereocenters. The molecule has 0 aliphatic heterocycles. The number of carbonyl (C=O) groups excluding carboxylic acids is 2. The molecule has 0 rings (SSSR count). The van der Waals surface area contributed by atoms with Gasteiger partial charge in [0.05, 0.1) is 36.3 Å². The van der Waals surface area contributed by atoms with Gasteiger partial charge >= 0.3 is 11.9 Å². The van der Waals surface area contributed by atoms with Gasteiger partial charge in [0.15, 0.2) is 0 Å². The van der Waals surface area contributed by atoms with Crippen molar-refractivity contribution >= 4 is 11.9 Å². The molecule has 0 saturated carbocycles. The molecule has 0 spiro atoms. The van der Waals surface area contributed by atoms with Gasteiger partial charge in [-0.25, -0.2) is 9.78 Å². The van der Waals surface area contributed by atoms with Crippen LogP contribution in [0.25, 0.3) is 0 Å². The molecule has 0 heterocycles. The van der Waals surface area contributed by atoms with Gasteiger partial charge in [-0.2, -0.15) is 0 Å². The molecule has 0 saturated heterocycles. The van der Waals surface area contributed by atoms with Crippen LogP contribution >= 0.6 is 0 Å². The van der Waals surface area contributed by atoms with Crippen molar-refractivity contribution in [3.8, 4) is 0 Å². The summed E-state index contributed by atoms with van der Waals surface area (Å²) >= 11 is 0. The van der Waals surface area contributed by atoms with Crippen molar-refractivity contribution in [2.45, 2.75) is 158 Å². The van der Waals surface area contributed by atoms with E-state index in [1.54, 1.807) is 0 Å². The molecular weight excluding hydrogens is 480 g/mol. The minimum atomic E-state index is -0.580. The van der Waals surface area contributed by atoms with E-state index in [2.05, 4.69) is 41.5 Å². The first kappa shape index (κ1) is 36.9. The fourth-order valence-electron chi connectivity index (χ4n) is 5.34. The van der Waals surface area contributed by atoms with E-state index in [1.165, 1.54) is 0 Å². The Kier molecular flexibility index (Phi) is 16.3. The van der Waals surface area contributed by atoms with Crippen LogP contribution in [-0.4, -0.2) is 36.4 Å². The van der Waals surface area contributed by atoms with E-state index in [0.717, 1.165) is 51.4 Å². The minimum absolute atomic E-state index is 0.0223. The summed E-state index contributed by atoms with van der Waals surface area (Å²) in [4.78, 5) is 37.1. The van der Waals surface area contributed by atoms with Crippen LogP contribution in [0.15, 0.2) is 0 Å². The monoisotopic (exact) mass is 542 g/mol. The predicted octanol–water partition coefficient (Wildman–Crippen LogP) is 8.84. The topological polar surface area (TPSA) is 71.1 Å². The molecule has 0 radical (unpaired) electrons. The van der Waals surface area contributed by atoms with Gasteiger partial charge in [-0.1, -0.05) is 81.1 Å². The number of hydrogen-bond donors (Lipinski definition) is 0. The van der Waals surface area contributed by atoms with Gasteiger partial charge in [0.1, 0.15) is 0 Å². The highest BCUT2D eigenvalue weighted by molar-refractivity contribution is 5.72. The first-order valence-corrected chi connectivity index (χ1v) is 15.1. The summed E-state index contributed by atoms with van der Waals surface area (Å²) < 4.78 is 11.5. The van der Waals surface area contributed by atoms with E-state index < -0.39 is 11.2 Å². The lowest BCUT2D eigenvalue weighted by atomic mass is 9.82. The quantitative estimate of drug-likeness (QED) is 0.0819. The van der Waals surface area contributed by atoms with Gasteiger partial charge in [-0.3, -0.25) is 9.59 Å². The smallest absolute Gasteiger partial charge is 0.308 e. The first-order valence-electron chi connectivity index (χ1n) is 15.1. The molecule has 6 nitrogen and oxygen atoms in total. The molecule has 0 N–H and O–H groups in total. The Morgan fingerprint density at radius 1 is 0.579 bits per heavy atom. The van der Waals surface area contributed by atoms with Gasteiger partial charge in [-0.05, 0) is 66.2 Å². The molecule has 38 heavy (non-hydrogen) atoms. The highest BCUT2D eigenvalue weighted by atomic mass is 17.2. The fourth-order valence-corrected chi connectivity index (χ4v) is 5.34. The van der Waals surface area contributed by atoms with Crippen molar-refractivity contribution in [3.05, 3.63) is 0 Å². The zero-order valence-corrected chi connectivity index (χ0v) is 27.1. The maximum absolute atomic E-state index is 12.6. The lowest BCUT2D eigenvalue weighted by Crippen LogP contribution is -2.40. The van der Waals surface area contributed by atoms with Crippen LogP contribution in [0, 0.1) is 22.7 Å². The third-order valence-corrected chi connectivity index (χ3v) is 6.98. The van der Waals surface area contributed by atoms with Gasteiger partial charge in [-0.15, -0.1) is 0 Å². The molecule has 0 aromatic heterocycles. The minimum Gasteiger partial charge on any atom is -0.465 e. The van der Waals surface area contributed by atoms with Crippen LogP contribution in [0.3, 0.4) is 0 Å². The summed E-state index contributed by atoms with van der Waals surface area (Å²) in [6.07, 6.45) is 8.96. The van der Waals surface area contributed by atoms with Crippen LogP contribution in [0.1, 0.15) is 147 Å². The molecule has 0 aromatic carbocycles. The Morgan fingerprint density at radius 2 is 0.895 bits per heavy atom. The summed E-state index contributed by atoms with van der Waals surface area (Å²) in [6.45, 7) is 25.4. The third-order valence-electron chi connectivity index (χ3n) is 6.98. The Balaban J connectivity index is 4.83. The van der Waals surface area contributed by atoms with Crippen LogP contribution in [0.5, 0.6) is 0 Å². The van der Waals surface area contributed by atoms with E-state index >= 15 is 0 Å². The maximum atomic E-state index is 12.6. The number of rotatable bonds is 21. The van der Waals surface area contributed by atoms with Gasteiger partial charge in [0, 0.05) is 10.8 Å². The molecular formula is C32H62O6. The zero-order valence-electron chi connectivity index (χ0n) is 27.1. The van der Waals surface area contributed by atoms with Crippen molar-refractivity contribution in [2.24, 2.45) is 22.7 Å². The van der Waals surface area contributed by atoms with Gasteiger partial charge in [0.25, 0.3) is 0 Å². The van der Waals surface area contributed by atoms with E-state index in [0.29, 0.717) is 26.1 Å². The Hall–Kier alpha value is -1.14. The average molecular weight is 543 g/mol.